The molecule has 0 spiro atoms. The molecule has 2 aromatic rings. The first-order valence-electron chi connectivity index (χ1n) is 7.05. The van der Waals surface area contributed by atoms with E-state index in [-0.39, 0.29) is 5.91 Å². The first-order chi connectivity index (χ1) is 10.5. The van der Waals surface area contributed by atoms with Crippen LogP contribution in [0.5, 0.6) is 0 Å². The van der Waals surface area contributed by atoms with Crippen molar-refractivity contribution in [2.24, 2.45) is 0 Å². The highest BCUT2D eigenvalue weighted by molar-refractivity contribution is 7.98. The number of carbonyl (C=O) groups is 2. The van der Waals surface area contributed by atoms with E-state index in [9.17, 15) is 14.7 Å². The number of hydrogen-bond donors (Lipinski definition) is 2. The third kappa shape index (κ3) is 3.60. The van der Waals surface area contributed by atoms with Crippen LogP contribution >= 0.6 is 11.8 Å². The van der Waals surface area contributed by atoms with Gasteiger partial charge in [0.2, 0.25) is 0 Å². The molecule has 0 aliphatic carbocycles. The third-order valence-corrected chi connectivity index (χ3v) is 4.22. The number of amides is 1. The summed E-state index contributed by atoms with van der Waals surface area (Å²) in [6.45, 7) is 1.86. The van der Waals surface area contributed by atoms with E-state index in [1.54, 1.807) is 11.8 Å². The average molecular weight is 317 g/mol. The molecule has 2 rings (SSSR count). The molecule has 1 amide bonds. The van der Waals surface area contributed by atoms with Gasteiger partial charge in [-0.2, -0.15) is 11.8 Å². The quantitative estimate of drug-likeness (QED) is 0.859. The predicted octanol–water partition coefficient (Wildman–Crippen LogP) is 3.08. The molecular weight excluding hydrogens is 298 g/mol. The average Bonchev–Trinajstić information content (AvgIpc) is 2.50. The molecule has 0 aliphatic heterocycles. The zero-order valence-corrected chi connectivity index (χ0v) is 13.4. The van der Waals surface area contributed by atoms with Gasteiger partial charge in [0.25, 0.3) is 5.91 Å². The van der Waals surface area contributed by atoms with Crippen molar-refractivity contribution >= 4 is 34.4 Å². The highest BCUT2D eigenvalue weighted by atomic mass is 32.2. The van der Waals surface area contributed by atoms with E-state index < -0.39 is 12.0 Å². The summed E-state index contributed by atoms with van der Waals surface area (Å²) in [4.78, 5) is 23.9. The molecule has 22 heavy (non-hydrogen) atoms. The van der Waals surface area contributed by atoms with Crippen molar-refractivity contribution in [3.05, 3.63) is 47.5 Å². The Morgan fingerprint density at radius 3 is 2.64 bits per heavy atom. The van der Waals surface area contributed by atoms with Crippen LogP contribution in [0.15, 0.2) is 36.4 Å². The van der Waals surface area contributed by atoms with Crippen molar-refractivity contribution in [3.8, 4) is 0 Å². The molecule has 0 unspecified atom stereocenters. The fraction of sp³-hybridized carbons (Fsp3) is 0.294. The van der Waals surface area contributed by atoms with Gasteiger partial charge in [0.15, 0.2) is 0 Å². The minimum atomic E-state index is -1.000. The molecule has 1 atom stereocenters. The normalized spacial score (nSPS) is 12.1. The maximum Gasteiger partial charge on any atom is 0.326 e. The van der Waals surface area contributed by atoms with E-state index in [2.05, 4.69) is 5.32 Å². The monoisotopic (exact) mass is 317 g/mol. The first-order valence-corrected chi connectivity index (χ1v) is 8.45. The Balaban J connectivity index is 2.32. The molecule has 0 aliphatic rings. The number of carboxylic acids is 1. The van der Waals surface area contributed by atoms with E-state index in [0.29, 0.717) is 17.7 Å². The van der Waals surface area contributed by atoms with Gasteiger partial charge in [0.05, 0.1) is 5.56 Å². The molecule has 2 N–H and O–H groups in total. The molecule has 0 bridgehead atoms. The van der Waals surface area contributed by atoms with Gasteiger partial charge in [0, 0.05) is 0 Å². The van der Waals surface area contributed by atoms with E-state index in [4.69, 9.17) is 0 Å². The summed E-state index contributed by atoms with van der Waals surface area (Å²) in [5.74, 6) is -0.644. The lowest BCUT2D eigenvalue weighted by Crippen LogP contribution is -2.41. The highest BCUT2D eigenvalue weighted by Crippen LogP contribution is 2.22. The highest BCUT2D eigenvalue weighted by Gasteiger charge is 2.22. The van der Waals surface area contributed by atoms with Gasteiger partial charge in [-0.3, -0.25) is 4.79 Å². The fourth-order valence-corrected chi connectivity index (χ4v) is 2.88. The molecule has 0 aromatic heterocycles. The maximum absolute atomic E-state index is 12.6. The number of carboxylic acid groups (broad SMARTS) is 1. The molecule has 0 heterocycles. The van der Waals surface area contributed by atoms with Gasteiger partial charge in [0.1, 0.15) is 6.04 Å². The van der Waals surface area contributed by atoms with Gasteiger partial charge in [-0.05, 0) is 41.7 Å². The summed E-state index contributed by atoms with van der Waals surface area (Å²) in [5.41, 5.74) is 1.39. The van der Waals surface area contributed by atoms with E-state index in [1.807, 2.05) is 49.6 Å². The van der Waals surface area contributed by atoms with Crippen LogP contribution in [0.4, 0.5) is 0 Å². The molecule has 5 heteroatoms. The van der Waals surface area contributed by atoms with Crippen LogP contribution in [-0.2, 0) is 4.79 Å². The van der Waals surface area contributed by atoms with Gasteiger partial charge in [-0.25, -0.2) is 4.79 Å². The van der Waals surface area contributed by atoms with Crippen molar-refractivity contribution < 1.29 is 14.7 Å². The summed E-state index contributed by atoms with van der Waals surface area (Å²) >= 11 is 1.56. The molecule has 0 fully saturated rings. The number of benzene rings is 2. The number of fused-ring (bicyclic) bond motifs is 1. The summed E-state index contributed by atoms with van der Waals surface area (Å²) in [6, 6.07) is 10.6. The topological polar surface area (TPSA) is 66.4 Å². The van der Waals surface area contributed by atoms with E-state index in [1.165, 1.54) is 0 Å². The van der Waals surface area contributed by atoms with Gasteiger partial charge < -0.3 is 10.4 Å². The number of thioether (sulfide) groups is 1. The molecule has 0 saturated carbocycles. The lowest BCUT2D eigenvalue weighted by atomic mass is 9.99. The number of hydrogen-bond acceptors (Lipinski definition) is 3. The molecular formula is C17H19NO3S. The standard InChI is InChI=1S/C17H19NO3S/c1-11-7-8-12-5-3-4-6-13(12)15(11)16(19)18-14(17(20)21)9-10-22-2/h3-8,14H,9-10H2,1-2H3,(H,18,19)(H,20,21)/t14-/m0/s1. The van der Waals surface area contributed by atoms with E-state index >= 15 is 0 Å². The number of aliphatic carboxylic acids is 1. The summed E-state index contributed by atoms with van der Waals surface area (Å²) < 4.78 is 0. The van der Waals surface area contributed by atoms with Crippen LogP contribution in [0.2, 0.25) is 0 Å². The third-order valence-electron chi connectivity index (χ3n) is 3.58. The Labute approximate surface area is 133 Å². The number of nitrogens with one attached hydrogen (secondary N) is 1. The Kier molecular flexibility index (Phi) is 5.44. The van der Waals surface area contributed by atoms with Crippen molar-refractivity contribution in [1.29, 1.82) is 0 Å². The second-order valence-corrected chi connectivity index (χ2v) is 6.11. The van der Waals surface area contributed by atoms with Gasteiger partial charge >= 0.3 is 5.97 Å². The van der Waals surface area contributed by atoms with Crippen molar-refractivity contribution in [3.63, 3.8) is 0 Å². The van der Waals surface area contributed by atoms with Crippen molar-refractivity contribution in [2.45, 2.75) is 19.4 Å². The Bertz CT molecular complexity index is 699. The van der Waals surface area contributed by atoms with Crippen LogP contribution < -0.4 is 5.32 Å². The molecule has 0 radical (unpaired) electrons. The number of carbonyl (C=O) groups excluding carboxylic acids is 1. The SMILES string of the molecule is CSCC[C@H](NC(=O)c1c(C)ccc2ccccc12)C(=O)O. The number of aryl methyl sites for hydroxylation is 1. The zero-order valence-electron chi connectivity index (χ0n) is 12.6. The smallest absolute Gasteiger partial charge is 0.326 e. The lowest BCUT2D eigenvalue weighted by Gasteiger charge is -2.16. The minimum Gasteiger partial charge on any atom is -0.480 e. The minimum absolute atomic E-state index is 0.331. The summed E-state index contributed by atoms with van der Waals surface area (Å²) in [6.07, 6.45) is 2.32. The Morgan fingerprint density at radius 1 is 1.23 bits per heavy atom. The maximum atomic E-state index is 12.6. The van der Waals surface area contributed by atoms with Gasteiger partial charge in [-0.15, -0.1) is 0 Å². The zero-order chi connectivity index (χ0) is 16.1. The molecule has 4 nitrogen and oxygen atoms in total. The fourth-order valence-electron chi connectivity index (χ4n) is 2.41. The molecule has 116 valence electrons. The van der Waals surface area contributed by atoms with Crippen LogP contribution in [0.25, 0.3) is 10.8 Å². The van der Waals surface area contributed by atoms with Crippen LogP contribution in [0.3, 0.4) is 0 Å². The van der Waals surface area contributed by atoms with Crippen LogP contribution in [0.1, 0.15) is 22.3 Å². The summed E-state index contributed by atoms with van der Waals surface area (Å²) in [5, 5.41) is 13.7. The Hall–Kier alpha value is -2.01. The van der Waals surface area contributed by atoms with E-state index in [0.717, 1.165) is 16.3 Å². The first kappa shape index (κ1) is 16.4. The van der Waals surface area contributed by atoms with Crippen molar-refractivity contribution in [2.75, 3.05) is 12.0 Å². The van der Waals surface area contributed by atoms with Crippen LogP contribution in [-0.4, -0.2) is 35.0 Å². The lowest BCUT2D eigenvalue weighted by molar-refractivity contribution is -0.139. The van der Waals surface area contributed by atoms with Crippen molar-refractivity contribution in [1.82, 2.24) is 5.32 Å². The number of rotatable bonds is 6. The second kappa shape index (κ2) is 7.31. The predicted molar refractivity (Wildman–Crippen MR) is 90.6 cm³/mol. The molecule has 0 saturated heterocycles. The largest absolute Gasteiger partial charge is 0.480 e. The Morgan fingerprint density at radius 2 is 1.95 bits per heavy atom. The van der Waals surface area contributed by atoms with Gasteiger partial charge in [-0.1, -0.05) is 36.4 Å². The second-order valence-electron chi connectivity index (χ2n) is 5.12. The van der Waals surface area contributed by atoms with Crippen LogP contribution in [0, 0.1) is 6.92 Å². The molecule has 2 aromatic carbocycles. The summed E-state index contributed by atoms with van der Waals surface area (Å²) in [7, 11) is 0.